The Labute approximate surface area is 142 Å². The molecule has 2 aromatic rings. The molecule has 0 aromatic heterocycles. The van der Waals surface area contributed by atoms with Crippen LogP contribution in [0, 0.1) is 0 Å². The molecule has 1 heterocycles. The molecule has 1 aliphatic rings. The SMILES string of the molecule is COCC(C)NC(=O)N1CC(OCc2cccc3ccccc23)C1. The van der Waals surface area contributed by atoms with Crippen LogP contribution in [0.3, 0.4) is 0 Å². The number of nitrogens with one attached hydrogen (secondary N) is 1. The minimum atomic E-state index is -0.0513. The molecule has 5 nitrogen and oxygen atoms in total. The molecule has 2 amide bonds. The van der Waals surface area contributed by atoms with Crippen molar-refractivity contribution >= 4 is 16.8 Å². The summed E-state index contributed by atoms with van der Waals surface area (Å²) < 4.78 is 11.0. The third-order valence-electron chi connectivity index (χ3n) is 4.28. The minimum Gasteiger partial charge on any atom is -0.383 e. The van der Waals surface area contributed by atoms with Crippen molar-refractivity contribution < 1.29 is 14.3 Å². The van der Waals surface area contributed by atoms with Gasteiger partial charge >= 0.3 is 6.03 Å². The molecule has 1 fully saturated rings. The van der Waals surface area contributed by atoms with Gasteiger partial charge in [0.25, 0.3) is 0 Å². The number of carbonyl (C=O) groups excluding carboxylic acids is 1. The van der Waals surface area contributed by atoms with E-state index in [0.717, 1.165) is 0 Å². The van der Waals surface area contributed by atoms with Gasteiger partial charge in [0.1, 0.15) is 0 Å². The van der Waals surface area contributed by atoms with E-state index in [2.05, 4.69) is 35.6 Å². The Morgan fingerprint density at radius 2 is 2.00 bits per heavy atom. The van der Waals surface area contributed by atoms with E-state index in [9.17, 15) is 4.79 Å². The fraction of sp³-hybridized carbons (Fsp3) is 0.421. The number of ether oxygens (including phenoxy) is 2. The van der Waals surface area contributed by atoms with Crippen LogP contribution in [0.5, 0.6) is 0 Å². The van der Waals surface area contributed by atoms with Crippen molar-refractivity contribution in [2.24, 2.45) is 0 Å². The van der Waals surface area contributed by atoms with Crippen molar-refractivity contribution in [3.63, 3.8) is 0 Å². The lowest BCUT2D eigenvalue weighted by atomic mass is 10.1. The van der Waals surface area contributed by atoms with Crippen molar-refractivity contribution in [3.8, 4) is 0 Å². The normalized spacial score (nSPS) is 16.0. The first-order chi connectivity index (χ1) is 11.7. The van der Waals surface area contributed by atoms with E-state index < -0.39 is 0 Å². The lowest BCUT2D eigenvalue weighted by Crippen LogP contribution is -2.59. The van der Waals surface area contributed by atoms with Gasteiger partial charge in [0.05, 0.1) is 38.4 Å². The summed E-state index contributed by atoms with van der Waals surface area (Å²) in [6, 6.07) is 14.5. The number of likely N-dealkylation sites (tertiary alicyclic amines) is 1. The van der Waals surface area contributed by atoms with Crippen LogP contribution in [0.2, 0.25) is 0 Å². The van der Waals surface area contributed by atoms with Gasteiger partial charge in [-0.2, -0.15) is 0 Å². The van der Waals surface area contributed by atoms with E-state index in [1.54, 1.807) is 12.0 Å². The highest BCUT2D eigenvalue weighted by molar-refractivity contribution is 5.85. The van der Waals surface area contributed by atoms with Crippen LogP contribution in [0.1, 0.15) is 12.5 Å². The maximum absolute atomic E-state index is 12.0. The Balaban J connectivity index is 1.47. The Morgan fingerprint density at radius 1 is 1.25 bits per heavy atom. The standard InChI is InChI=1S/C19H24N2O3/c1-14(12-23-2)20-19(22)21-10-17(11-21)24-13-16-8-5-7-15-6-3-4-9-18(15)16/h3-9,14,17H,10-13H2,1-2H3,(H,20,22). The molecule has 5 heteroatoms. The molecule has 2 aromatic carbocycles. The summed E-state index contributed by atoms with van der Waals surface area (Å²) in [7, 11) is 1.63. The largest absolute Gasteiger partial charge is 0.383 e. The van der Waals surface area contributed by atoms with Crippen LogP contribution in [-0.4, -0.2) is 49.9 Å². The Bertz CT molecular complexity index is 693. The van der Waals surface area contributed by atoms with Gasteiger partial charge in [-0.05, 0) is 23.3 Å². The molecule has 0 radical (unpaired) electrons. The number of fused-ring (bicyclic) bond motifs is 1. The van der Waals surface area contributed by atoms with E-state index >= 15 is 0 Å². The predicted octanol–water partition coefficient (Wildman–Crippen LogP) is 2.79. The average molecular weight is 328 g/mol. The molecule has 1 unspecified atom stereocenters. The van der Waals surface area contributed by atoms with E-state index in [1.165, 1.54) is 16.3 Å². The van der Waals surface area contributed by atoms with Gasteiger partial charge in [0, 0.05) is 7.11 Å². The number of amides is 2. The number of rotatable bonds is 6. The van der Waals surface area contributed by atoms with Crippen LogP contribution >= 0.6 is 0 Å². The molecule has 24 heavy (non-hydrogen) atoms. The van der Waals surface area contributed by atoms with Gasteiger partial charge in [0.15, 0.2) is 0 Å². The summed E-state index contributed by atoms with van der Waals surface area (Å²) in [5, 5.41) is 5.35. The number of urea groups is 1. The first-order valence-electron chi connectivity index (χ1n) is 8.30. The topological polar surface area (TPSA) is 50.8 Å². The van der Waals surface area contributed by atoms with Gasteiger partial charge in [0.2, 0.25) is 0 Å². The zero-order valence-electron chi connectivity index (χ0n) is 14.2. The molecule has 1 aliphatic heterocycles. The molecule has 0 saturated carbocycles. The quantitative estimate of drug-likeness (QED) is 0.887. The van der Waals surface area contributed by atoms with Gasteiger partial charge in [-0.25, -0.2) is 4.79 Å². The van der Waals surface area contributed by atoms with E-state index in [0.29, 0.717) is 26.3 Å². The van der Waals surface area contributed by atoms with Crippen molar-refractivity contribution in [1.29, 1.82) is 0 Å². The highest BCUT2D eigenvalue weighted by Gasteiger charge is 2.31. The van der Waals surface area contributed by atoms with Gasteiger partial charge < -0.3 is 19.7 Å². The zero-order valence-corrected chi connectivity index (χ0v) is 14.2. The summed E-state index contributed by atoms with van der Waals surface area (Å²) in [4.78, 5) is 13.8. The van der Waals surface area contributed by atoms with Crippen LogP contribution in [0.4, 0.5) is 4.79 Å². The molecule has 0 aliphatic carbocycles. The summed E-state index contributed by atoms with van der Waals surface area (Å²) in [5.41, 5.74) is 1.18. The van der Waals surface area contributed by atoms with E-state index in [4.69, 9.17) is 9.47 Å². The predicted molar refractivity (Wildman–Crippen MR) is 94.0 cm³/mol. The van der Waals surface area contributed by atoms with Crippen LogP contribution in [0.25, 0.3) is 10.8 Å². The zero-order chi connectivity index (χ0) is 16.9. The Hall–Kier alpha value is -2.11. The third-order valence-corrected chi connectivity index (χ3v) is 4.28. The number of benzene rings is 2. The van der Waals surface area contributed by atoms with E-state index in [1.807, 2.05) is 19.1 Å². The van der Waals surface area contributed by atoms with Gasteiger partial charge in [-0.3, -0.25) is 0 Å². The van der Waals surface area contributed by atoms with Crippen LogP contribution < -0.4 is 5.32 Å². The first kappa shape index (κ1) is 16.7. The second-order valence-corrected chi connectivity index (χ2v) is 6.28. The number of methoxy groups -OCH3 is 1. The van der Waals surface area contributed by atoms with Gasteiger partial charge in [-0.15, -0.1) is 0 Å². The fourth-order valence-corrected chi connectivity index (χ4v) is 2.93. The smallest absolute Gasteiger partial charge is 0.317 e. The third kappa shape index (κ3) is 3.86. The molecule has 0 spiro atoms. The van der Waals surface area contributed by atoms with Crippen LogP contribution in [0.15, 0.2) is 42.5 Å². The highest BCUT2D eigenvalue weighted by Crippen LogP contribution is 2.21. The molecule has 128 valence electrons. The van der Waals surface area contributed by atoms with E-state index in [-0.39, 0.29) is 18.2 Å². The molecule has 1 N–H and O–H groups in total. The summed E-state index contributed by atoms with van der Waals surface area (Å²) >= 11 is 0. The fourth-order valence-electron chi connectivity index (χ4n) is 2.93. The summed E-state index contributed by atoms with van der Waals surface area (Å²) in [5.74, 6) is 0. The highest BCUT2D eigenvalue weighted by atomic mass is 16.5. The van der Waals surface area contributed by atoms with Crippen molar-refractivity contribution in [3.05, 3.63) is 48.0 Å². The average Bonchev–Trinajstić information content (AvgIpc) is 2.53. The summed E-state index contributed by atoms with van der Waals surface area (Å²) in [6.07, 6.45) is 0.104. The number of carbonyl (C=O) groups is 1. The second kappa shape index (κ2) is 7.64. The molecular weight excluding hydrogens is 304 g/mol. The first-order valence-corrected chi connectivity index (χ1v) is 8.30. The van der Waals surface area contributed by atoms with Crippen molar-refractivity contribution in [2.45, 2.75) is 25.7 Å². The molecular formula is C19H24N2O3. The maximum atomic E-state index is 12.0. The number of nitrogens with zero attached hydrogens (tertiary/aromatic N) is 1. The number of hydrogen-bond donors (Lipinski definition) is 1. The number of hydrogen-bond acceptors (Lipinski definition) is 3. The Morgan fingerprint density at radius 3 is 2.79 bits per heavy atom. The molecule has 1 saturated heterocycles. The second-order valence-electron chi connectivity index (χ2n) is 6.28. The molecule has 1 atom stereocenters. The molecule has 3 rings (SSSR count). The Kier molecular flexibility index (Phi) is 5.33. The monoisotopic (exact) mass is 328 g/mol. The van der Waals surface area contributed by atoms with Gasteiger partial charge in [-0.1, -0.05) is 42.5 Å². The lowest BCUT2D eigenvalue weighted by Gasteiger charge is -2.39. The lowest BCUT2D eigenvalue weighted by molar-refractivity contribution is -0.0443. The molecule has 0 bridgehead atoms. The van der Waals surface area contributed by atoms with Crippen molar-refractivity contribution in [1.82, 2.24) is 10.2 Å². The minimum absolute atomic E-state index is 0.0122. The maximum Gasteiger partial charge on any atom is 0.317 e. The summed E-state index contributed by atoms with van der Waals surface area (Å²) in [6.45, 7) is 4.28. The van der Waals surface area contributed by atoms with Crippen LogP contribution in [-0.2, 0) is 16.1 Å². The van der Waals surface area contributed by atoms with Crippen molar-refractivity contribution in [2.75, 3.05) is 26.8 Å².